The molecule has 1 aliphatic heterocycles. The first-order valence-corrected chi connectivity index (χ1v) is 9.20. The van der Waals surface area contributed by atoms with Gasteiger partial charge >= 0.3 is 0 Å². The Bertz CT molecular complexity index is 1040. The summed E-state index contributed by atoms with van der Waals surface area (Å²) in [6, 6.07) is 10.1. The molecule has 0 saturated carbocycles. The molecule has 1 amide bonds. The normalized spacial score (nSPS) is 15.0. The quantitative estimate of drug-likeness (QED) is 0.532. The number of fused-ring (bicyclic) bond motifs is 1. The van der Waals surface area contributed by atoms with Crippen LogP contribution in [-0.2, 0) is 4.79 Å². The second-order valence-electron chi connectivity index (χ2n) is 6.59. The molecule has 28 heavy (non-hydrogen) atoms. The Morgan fingerprint density at radius 3 is 2.75 bits per heavy atom. The molecule has 0 atom stereocenters. The minimum absolute atomic E-state index is 0.0228. The third-order valence-electron chi connectivity index (χ3n) is 4.89. The molecule has 1 saturated heterocycles. The fourth-order valence-corrected chi connectivity index (χ4v) is 3.60. The van der Waals surface area contributed by atoms with E-state index in [2.05, 4.69) is 15.5 Å². The Kier molecular flexibility index (Phi) is 4.82. The molecule has 3 heterocycles. The molecule has 0 unspecified atom stereocenters. The molecule has 4 rings (SSSR count). The number of nitro groups is 1. The summed E-state index contributed by atoms with van der Waals surface area (Å²) in [5, 5.41) is 22.5. The Morgan fingerprint density at radius 2 is 2.00 bits per heavy atom. The Morgan fingerprint density at radius 1 is 1.21 bits per heavy atom. The molecular formula is C18H17ClN6O3. The average Bonchev–Trinajstić information content (AvgIpc) is 3.11. The maximum absolute atomic E-state index is 12.6. The van der Waals surface area contributed by atoms with Gasteiger partial charge in [0.15, 0.2) is 5.65 Å². The SMILES string of the molecule is O=C(Nc1nnc2ccccn12)C1CCN(c2ccc(Cl)cc2[N+](=O)[O-])CC1. The van der Waals surface area contributed by atoms with Gasteiger partial charge in [-0.2, -0.15) is 0 Å². The number of pyridine rings is 1. The molecule has 1 N–H and O–H groups in total. The summed E-state index contributed by atoms with van der Waals surface area (Å²) in [4.78, 5) is 25.4. The lowest BCUT2D eigenvalue weighted by molar-refractivity contribution is -0.384. The zero-order valence-electron chi connectivity index (χ0n) is 14.8. The summed E-state index contributed by atoms with van der Waals surface area (Å²) in [5.74, 6) is 0.0680. The molecular weight excluding hydrogens is 384 g/mol. The summed E-state index contributed by atoms with van der Waals surface area (Å²) in [6.45, 7) is 1.09. The van der Waals surface area contributed by atoms with E-state index >= 15 is 0 Å². The number of rotatable bonds is 4. The lowest BCUT2D eigenvalue weighted by Gasteiger charge is -2.32. The third-order valence-corrected chi connectivity index (χ3v) is 5.12. The fraction of sp³-hybridized carbons (Fsp3) is 0.278. The van der Waals surface area contributed by atoms with Gasteiger partial charge in [-0.1, -0.05) is 17.7 Å². The number of nitrogens with zero attached hydrogens (tertiary/aromatic N) is 5. The van der Waals surface area contributed by atoms with Crippen molar-refractivity contribution in [2.45, 2.75) is 12.8 Å². The molecule has 1 aliphatic rings. The first-order chi connectivity index (χ1) is 13.5. The summed E-state index contributed by atoms with van der Waals surface area (Å²) < 4.78 is 1.71. The highest BCUT2D eigenvalue weighted by atomic mass is 35.5. The number of anilines is 2. The number of nitrogens with one attached hydrogen (secondary N) is 1. The van der Waals surface area contributed by atoms with Gasteiger partial charge in [0.2, 0.25) is 11.9 Å². The van der Waals surface area contributed by atoms with Crippen LogP contribution in [0.2, 0.25) is 5.02 Å². The number of benzene rings is 1. The monoisotopic (exact) mass is 400 g/mol. The minimum atomic E-state index is -0.434. The first-order valence-electron chi connectivity index (χ1n) is 8.82. The van der Waals surface area contributed by atoms with Crippen LogP contribution in [0.25, 0.3) is 5.65 Å². The minimum Gasteiger partial charge on any atom is -0.366 e. The average molecular weight is 401 g/mol. The zero-order valence-corrected chi connectivity index (χ0v) is 15.5. The molecule has 2 aromatic heterocycles. The van der Waals surface area contributed by atoms with Crippen molar-refractivity contribution in [3.05, 3.63) is 57.7 Å². The molecule has 10 heteroatoms. The number of aromatic nitrogens is 3. The van der Waals surface area contributed by atoms with Crippen LogP contribution in [-0.4, -0.2) is 38.5 Å². The van der Waals surface area contributed by atoms with Gasteiger partial charge in [0.1, 0.15) is 5.69 Å². The maximum Gasteiger partial charge on any atom is 0.294 e. The van der Waals surface area contributed by atoms with Crippen LogP contribution >= 0.6 is 11.6 Å². The molecule has 9 nitrogen and oxygen atoms in total. The van der Waals surface area contributed by atoms with Crippen LogP contribution in [0.4, 0.5) is 17.3 Å². The predicted molar refractivity (Wildman–Crippen MR) is 105 cm³/mol. The lowest BCUT2D eigenvalue weighted by atomic mass is 9.95. The number of piperidine rings is 1. The van der Waals surface area contributed by atoms with Crippen LogP contribution in [0, 0.1) is 16.0 Å². The van der Waals surface area contributed by atoms with Crippen LogP contribution in [0.3, 0.4) is 0 Å². The first kappa shape index (κ1) is 18.2. The van der Waals surface area contributed by atoms with Crippen molar-refractivity contribution in [3.63, 3.8) is 0 Å². The van der Waals surface area contributed by atoms with Gasteiger partial charge in [-0.05, 0) is 37.1 Å². The van der Waals surface area contributed by atoms with Crippen molar-refractivity contribution in [1.82, 2.24) is 14.6 Å². The topological polar surface area (TPSA) is 106 Å². The van der Waals surface area contributed by atoms with Crippen LogP contribution in [0.5, 0.6) is 0 Å². The molecule has 0 spiro atoms. The van der Waals surface area contributed by atoms with Gasteiger partial charge in [0.05, 0.1) is 4.92 Å². The summed E-state index contributed by atoms with van der Waals surface area (Å²) >= 11 is 5.88. The summed E-state index contributed by atoms with van der Waals surface area (Å²) in [6.07, 6.45) is 2.96. The largest absolute Gasteiger partial charge is 0.366 e. The van der Waals surface area contributed by atoms with E-state index in [0.29, 0.717) is 48.2 Å². The summed E-state index contributed by atoms with van der Waals surface area (Å²) in [7, 11) is 0. The molecule has 3 aromatic rings. The Hall–Kier alpha value is -3.20. The van der Waals surface area contributed by atoms with Crippen molar-refractivity contribution in [1.29, 1.82) is 0 Å². The number of halogens is 1. The molecule has 144 valence electrons. The van der Waals surface area contributed by atoms with E-state index in [1.54, 1.807) is 28.8 Å². The van der Waals surface area contributed by atoms with Gasteiger partial charge in [-0.3, -0.25) is 24.6 Å². The van der Waals surface area contributed by atoms with Crippen molar-refractivity contribution >= 4 is 40.5 Å². The van der Waals surface area contributed by atoms with Crippen LogP contribution in [0.1, 0.15) is 12.8 Å². The van der Waals surface area contributed by atoms with Gasteiger partial charge < -0.3 is 4.90 Å². The van der Waals surface area contributed by atoms with E-state index in [4.69, 9.17) is 11.6 Å². The van der Waals surface area contributed by atoms with Crippen molar-refractivity contribution in [2.75, 3.05) is 23.3 Å². The van der Waals surface area contributed by atoms with E-state index in [1.165, 1.54) is 6.07 Å². The van der Waals surface area contributed by atoms with Crippen LogP contribution in [0.15, 0.2) is 42.6 Å². The van der Waals surface area contributed by atoms with E-state index in [0.717, 1.165) is 0 Å². The van der Waals surface area contributed by atoms with Crippen molar-refractivity contribution in [3.8, 4) is 0 Å². The number of carbonyl (C=O) groups excluding carboxylic acids is 1. The second kappa shape index (κ2) is 7.43. The van der Waals surface area contributed by atoms with E-state index in [9.17, 15) is 14.9 Å². The lowest BCUT2D eigenvalue weighted by Crippen LogP contribution is -2.38. The fourth-order valence-electron chi connectivity index (χ4n) is 3.43. The standard InChI is InChI=1S/C18H17ClN6O3/c19-13-4-5-14(15(11-13)25(27)28)23-9-6-12(7-10-23)17(26)20-18-22-21-16-3-1-2-8-24(16)18/h1-5,8,11-12H,6-7,9-10H2,(H,20,22,26). The highest BCUT2D eigenvalue weighted by Gasteiger charge is 2.29. The molecule has 1 fully saturated rings. The maximum atomic E-state index is 12.6. The predicted octanol–water partition coefficient (Wildman–Crippen LogP) is 3.15. The van der Waals surface area contributed by atoms with E-state index < -0.39 is 4.92 Å². The van der Waals surface area contributed by atoms with Crippen LogP contribution < -0.4 is 10.2 Å². The smallest absolute Gasteiger partial charge is 0.294 e. The Labute approximate surface area is 165 Å². The van der Waals surface area contributed by atoms with E-state index in [-0.39, 0.29) is 17.5 Å². The number of amides is 1. The molecule has 0 bridgehead atoms. The number of hydrogen-bond acceptors (Lipinski definition) is 6. The number of nitro benzene ring substituents is 1. The highest BCUT2D eigenvalue weighted by Crippen LogP contribution is 2.33. The number of carbonyl (C=O) groups is 1. The molecule has 0 aliphatic carbocycles. The zero-order chi connectivity index (χ0) is 19.7. The van der Waals surface area contributed by atoms with Crippen molar-refractivity contribution in [2.24, 2.45) is 5.92 Å². The highest BCUT2D eigenvalue weighted by molar-refractivity contribution is 6.30. The summed E-state index contributed by atoms with van der Waals surface area (Å²) in [5.41, 5.74) is 1.16. The third kappa shape index (κ3) is 3.48. The van der Waals surface area contributed by atoms with Gasteiger partial charge in [0.25, 0.3) is 5.69 Å². The second-order valence-corrected chi connectivity index (χ2v) is 7.03. The van der Waals surface area contributed by atoms with Gasteiger partial charge in [0, 0.05) is 36.3 Å². The van der Waals surface area contributed by atoms with Gasteiger partial charge in [-0.15, -0.1) is 10.2 Å². The Balaban J connectivity index is 1.43. The van der Waals surface area contributed by atoms with Crippen molar-refractivity contribution < 1.29 is 9.72 Å². The van der Waals surface area contributed by atoms with Gasteiger partial charge in [-0.25, -0.2) is 0 Å². The molecule has 0 radical (unpaired) electrons. The number of hydrogen-bond donors (Lipinski definition) is 1. The van der Waals surface area contributed by atoms with E-state index in [1.807, 2.05) is 17.0 Å². The molecule has 1 aromatic carbocycles.